The maximum Gasteiger partial charge on any atom is 0.244 e. The fraction of sp³-hybridized carbons (Fsp3) is 0.154. The second-order valence-electron chi connectivity index (χ2n) is 8.60. The lowest BCUT2D eigenvalue weighted by Crippen LogP contribution is -2.51. The molecule has 0 saturated carbocycles. The van der Waals surface area contributed by atoms with Crippen molar-refractivity contribution in [1.29, 1.82) is 0 Å². The normalized spacial score (nSPS) is 14.8. The van der Waals surface area contributed by atoms with Crippen molar-refractivity contribution in [2.75, 3.05) is 18.8 Å². The van der Waals surface area contributed by atoms with Crippen molar-refractivity contribution in [1.82, 2.24) is 14.6 Å². The van der Waals surface area contributed by atoms with Crippen molar-refractivity contribution in [2.24, 2.45) is 0 Å². The third-order valence-electron chi connectivity index (χ3n) is 5.92. The molecule has 0 radical (unpaired) electrons. The molecule has 2 aromatic carbocycles. The molecular formula is C26H22ClFN4O4S. The predicted octanol–water partition coefficient (Wildman–Crippen LogP) is 4.40. The quantitative estimate of drug-likeness (QED) is 0.335. The molecule has 3 heterocycles. The minimum absolute atomic E-state index is 0.110. The van der Waals surface area contributed by atoms with Gasteiger partial charge in [-0.2, -0.15) is 4.31 Å². The van der Waals surface area contributed by atoms with E-state index in [-0.39, 0.29) is 30.4 Å². The maximum atomic E-state index is 13.1. The van der Waals surface area contributed by atoms with Gasteiger partial charge in [-0.15, -0.1) is 0 Å². The molecule has 0 unspecified atom stereocenters. The number of pyridine rings is 1. The average molecular weight is 541 g/mol. The number of furan rings is 1. The Morgan fingerprint density at radius 2 is 1.92 bits per heavy atom. The van der Waals surface area contributed by atoms with Gasteiger partial charge < -0.3 is 15.5 Å². The Morgan fingerprint density at radius 3 is 2.59 bits per heavy atom. The summed E-state index contributed by atoms with van der Waals surface area (Å²) in [5, 5.41) is 3.88. The summed E-state index contributed by atoms with van der Waals surface area (Å²) < 4.78 is 45.2. The van der Waals surface area contributed by atoms with Gasteiger partial charge in [-0.05, 0) is 65.2 Å². The van der Waals surface area contributed by atoms with Crippen LogP contribution in [0.1, 0.15) is 11.3 Å². The van der Waals surface area contributed by atoms with Crippen molar-refractivity contribution in [3.05, 3.63) is 83.2 Å². The minimum Gasteiger partial charge on any atom is -0.458 e. The van der Waals surface area contributed by atoms with E-state index >= 15 is 0 Å². The number of carbonyl (C=O) groups is 1. The van der Waals surface area contributed by atoms with E-state index in [1.54, 1.807) is 48.7 Å². The molecule has 0 atom stereocenters. The van der Waals surface area contributed by atoms with Crippen LogP contribution < -0.4 is 11.1 Å². The van der Waals surface area contributed by atoms with Crippen LogP contribution in [-0.2, 0) is 21.4 Å². The van der Waals surface area contributed by atoms with E-state index in [1.165, 1.54) is 18.2 Å². The van der Waals surface area contributed by atoms with Crippen molar-refractivity contribution < 1.29 is 22.0 Å². The summed E-state index contributed by atoms with van der Waals surface area (Å²) in [6.45, 7) is -0.0712. The number of hydrogen-bond acceptors (Lipinski definition) is 6. The molecule has 1 aliphatic heterocycles. The highest BCUT2D eigenvalue weighted by molar-refractivity contribution is 7.89. The van der Waals surface area contributed by atoms with Gasteiger partial charge in [0.2, 0.25) is 15.9 Å². The number of halogens is 2. The van der Waals surface area contributed by atoms with Gasteiger partial charge in [0, 0.05) is 30.7 Å². The molecule has 4 aromatic rings. The largest absolute Gasteiger partial charge is 0.458 e. The van der Waals surface area contributed by atoms with Crippen molar-refractivity contribution in [2.45, 2.75) is 17.6 Å². The molecule has 37 heavy (non-hydrogen) atoms. The van der Waals surface area contributed by atoms with Crippen molar-refractivity contribution >= 4 is 50.4 Å². The smallest absolute Gasteiger partial charge is 0.244 e. The number of nitrogens with one attached hydrogen (secondary N) is 1. The summed E-state index contributed by atoms with van der Waals surface area (Å²) in [6.07, 6.45) is 3.47. The number of benzene rings is 2. The Morgan fingerprint density at radius 1 is 1.16 bits per heavy atom. The van der Waals surface area contributed by atoms with Gasteiger partial charge in [-0.1, -0.05) is 23.7 Å². The molecule has 0 spiro atoms. The number of hydrogen-bond donors (Lipinski definition) is 2. The molecule has 1 fully saturated rings. The van der Waals surface area contributed by atoms with Crippen LogP contribution in [0.15, 0.2) is 76.2 Å². The van der Waals surface area contributed by atoms with Crippen LogP contribution in [0.2, 0.25) is 5.02 Å². The third kappa shape index (κ3) is 5.36. The zero-order valence-electron chi connectivity index (χ0n) is 19.4. The Labute approximate surface area is 217 Å². The van der Waals surface area contributed by atoms with Gasteiger partial charge in [0.05, 0.1) is 16.5 Å². The number of nitrogens with two attached hydrogens (primary N) is 1. The number of carbonyl (C=O) groups excluding carboxylic acids is 1. The van der Waals surface area contributed by atoms with Crippen LogP contribution in [0.3, 0.4) is 0 Å². The molecule has 0 aliphatic carbocycles. The lowest BCUT2D eigenvalue weighted by Gasteiger charge is -2.33. The number of sulfonamides is 1. The molecular weight excluding hydrogens is 519 g/mol. The maximum absolute atomic E-state index is 13.1. The molecule has 1 amide bonds. The van der Waals surface area contributed by atoms with Gasteiger partial charge in [0.25, 0.3) is 0 Å². The number of nitrogen functional groups attached to an aromatic ring is 1. The van der Waals surface area contributed by atoms with E-state index in [1.807, 2.05) is 6.07 Å². The Hall–Kier alpha value is -3.73. The molecule has 0 bridgehead atoms. The molecule has 1 aliphatic rings. The lowest BCUT2D eigenvalue weighted by atomic mass is 10.0. The Balaban J connectivity index is 1.28. The number of amides is 1. The summed E-state index contributed by atoms with van der Waals surface area (Å²) in [7, 11) is -3.70. The number of anilines is 1. The summed E-state index contributed by atoms with van der Waals surface area (Å²) in [5.41, 5.74) is 8.30. The van der Waals surface area contributed by atoms with Crippen LogP contribution in [-0.4, -0.2) is 42.9 Å². The topological polar surface area (TPSA) is 119 Å². The summed E-state index contributed by atoms with van der Waals surface area (Å²) in [6, 6.07) is 15.1. The summed E-state index contributed by atoms with van der Waals surface area (Å²) in [5.74, 6) is 0.615. The first kappa shape index (κ1) is 24.9. The van der Waals surface area contributed by atoms with E-state index < -0.39 is 16.2 Å². The molecule has 3 N–H and O–H groups in total. The van der Waals surface area contributed by atoms with Crippen LogP contribution >= 0.6 is 11.6 Å². The number of nitrogens with zero attached hydrogens (tertiary/aromatic N) is 2. The highest BCUT2D eigenvalue weighted by Crippen LogP contribution is 2.34. The molecule has 11 heteroatoms. The van der Waals surface area contributed by atoms with Crippen molar-refractivity contribution in [3.63, 3.8) is 0 Å². The third-order valence-corrected chi connectivity index (χ3v) is 8.05. The Bertz CT molecular complexity index is 1600. The van der Waals surface area contributed by atoms with Gasteiger partial charge in [0.15, 0.2) is 5.58 Å². The van der Waals surface area contributed by atoms with E-state index in [0.29, 0.717) is 22.2 Å². The summed E-state index contributed by atoms with van der Waals surface area (Å²) >= 11 is 6.46. The zero-order chi connectivity index (χ0) is 26.2. The second-order valence-corrected chi connectivity index (χ2v) is 10.9. The second kappa shape index (κ2) is 9.97. The van der Waals surface area contributed by atoms with Gasteiger partial charge in [0.1, 0.15) is 17.7 Å². The zero-order valence-corrected chi connectivity index (χ0v) is 21.0. The monoisotopic (exact) mass is 540 g/mol. The SMILES string of the molecule is Nc1ccc(/C=C/C(=O)NCc2cc3cc(-c4ccc(S(=O)(=O)N5CC(F)C5)cc4)cc(Cl)c3o2)cn1. The van der Waals surface area contributed by atoms with E-state index in [4.69, 9.17) is 21.8 Å². The van der Waals surface area contributed by atoms with Crippen molar-refractivity contribution in [3.8, 4) is 11.1 Å². The minimum atomic E-state index is -3.70. The first-order chi connectivity index (χ1) is 17.7. The fourth-order valence-electron chi connectivity index (χ4n) is 3.89. The van der Waals surface area contributed by atoms with Crippen LogP contribution in [0.4, 0.5) is 10.2 Å². The molecule has 1 saturated heterocycles. The molecule has 2 aromatic heterocycles. The average Bonchev–Trinajstić information content (AvgIpc) is 3.29. The highest BCUT2D eigenvalue weighted by Gasteiger charge is 2.36. The number of aromatic nitrogens is 1. The van der Waals surface area contributed by atoms with E-state index in [0.717, 1.165) is 26.4 Å². The molecule has 8 nitrogen and oxygen atoms in total. The van der Waals surface area contributed by atoms with E-state index in [2.05, 4.69) is 10.3 Å². The lowest BCUT2D eigenvalue weighted by molar-refractivity contribution is -0.116. The number of alkyl halides is 1. The summed E-state index contributed by atoms with van der Waals surface area (Å²) in [4.78, 5) is 16.3. The first-order valence-corrected chi connectivity index (χ1v) is 13.1. The number of fused-ring (bicyclic) bond motifs is 1. The van der Waals surface area contributed by atoms with Gasteiger partial charge >= 0.3 is 0 Å². The standard InChI is InChI=1S/C26H22ClFN4O4S/c27-23-11-18(17-3-5-22(6-4-17)37(34,35)32-14-20(28)15-32)9-19-10-21(36-26(19)23)13-31-25(33)8-2-16-1-7-24(29)30-12-16/h1-12,20H,13-15H2,(H2,29,30)(H,31,33)/b8-2+. The number of rotatable bonds is 7. The molecule has 5 rings (SSSR count). The Kier molecular flexibility index (Phi) is 6.72. The van der Waals surface area contributed by atoms with Gasteiger partial charge in [-0.25, -0.2) is 17.8 Å². The highest BCUT2D eigenvalue weighted by atomic mass is 35.5. The van der Waals surface area contributed by atoms with Gasteiger partial charge in [-0.3, -0.25) is 4.79 Å². The van der Waals surface area contributed by atoms with Crippen LogP contribution in [0.5, 0.6) is 0 Å². The predicted molar refractivity (Wildman–Crippen MR) is 140 cm³/mol. The van der Waals surface area contributed by atoms with E-state index in [9.17, 15) is 17.6 Å². The van der Waals surface area contributed by atoms with Crippen LogP contribution in [0, 0.1) is 0 Å². The van der Waals surface area contributed by atoms with Crippen LogP contribution in [0.25, 0.3) is 28.2 Å². The first-order valence-electron chi connectivity index (χ1n) is 11.3. The molecule has 190 valence electrons. The fourth-order valence-corrected chi connectivity index (χ4v) is 5.65.